The van der Waals surface area contributed by atoms with Gasteiger partial charge in [0.1, 0.15) is 24.4 Å². The molecule has 7 unspecified atom stereocenters. The third-order valence-corrected chi connectivity index (χ3v) is 20.4. The highest BCUT2D eigenvalue weighted by Crippen LogP contribution is 2.27. The van der Waals surface area contributed by atoms with E-state index >= 15 is 0 Å². The number of nitrogens with one attached hydrogen (secondary N) is 1. The van der Waals surface area contributed by atoms with Crippen LogP contribution in [-0.2, 0) is 28.9 Å². The van der Waals surface area contributed by atoms with E-state index in [0.717, 1.165) is 51.4 Å². The zero-order valence-electron chi connectivity index (χ0n) is 60.2. The minimum absolute atomic E-state index is 0.217. The number of rotatable bonds is 74. The maximum Gasteiger partial charge on any atom is 0.397 e. The number of carbonyl (C=O) groups excluding carboxylic acids is 1. The van der Waals surface area contributed by atoms with Gasteiger partial charge in [-0.25, -0.2) is 4.18 Å². The highest BCUT2D eigenvalue weighted by Gasteiger charge is 2.48. The molecule has 0 aliphatic carbocycles. The van der Waals surface area contributed by atoms with Gasteiger partial charge < -0.3 is 35.2 Å². The van der Waals surface area contributed by atoms with Crippen molar-refractivity contribution in [3.05, 3.63) is 0 Å². The fraction of sp³-hybridized carbons (Fsp3) is 0.987. The van der Waals surface area contributed by atoms with Crippen molar-refractivity contribution < 1.29 is 51.8 Å². The lowest BCUT2D eigenvalue weighted by atomic mass is 9.99. The summed E-state index contributed by atoms with van der Waals surface area (Å²) in [7, 11) is -5.09. The van der Waals surface area contributed by atoms with Gasteiger partial charge >= 0.3 is 10.4 Å². The summed E-state index contributed by atoms with van der Waals surface area (Å²) in [5, 5.41) is 45.5. The summed E-state index contributed by atoms with van der Waals surface area (Å²) < 4.78 is 48.2. The number of unbranched alkanes of at least 4 members (excludes halogenated alkanes) is 62. The highest BCUT2D eigenvalue weighted by atomic mass is 32.3. The number of aliphatic hydroxyl groups is 4. The molecular weight excluding hydrogens is 1160 g/mol. The van der Waals surface area contributed by atoms with Crippen LogP contribution in [0, 0.1) is 0 Å². The van der Waals surface area contributed by atoms with Gasteiger partial charge in [-0.05, 0) is 12.8 Å². The Kier molecular flexibility index (Phi) is 65.5. The van der Waals surface area contributed by atoms with Gasteiger partial charge in [0.05, 0.1) is 25.4 Å². The van der Waals surface area contributed by atoms with Crippen LogP contribution < -0.4 is 5.32 Å². The van der Waals surface area contributed by atoms with Crippen LogP contribution in [0.2, 0.25) is 0 Å². The lowest BCUT2D eigenvalue weighted by molar-refractivity contribution is -0.298. The van der Waals surface area contributed by atoms with Gasteiger partial charge in [0, 0.05) is 6.42 Å². The SMILES string of the molecule is CCCCCCCCCCCCCCCCCCCCCCCCCCCCCCCCCCCCCCCCCC(=O)NC(COC1OC(CO)C(O)C(OS(=O)(=O)O)C1O)C(O)CCCCCCCCCCCCCCCCCCCCCCCCCCC. The quantitative estimate of drug-likeness (QED) is 0.0251. The second-order valence-corrected chi connectivity index (χ2v) is 29.8. The number of hydrogen-bond donors (Lipinski definition) is 6. The third-order valence-electron chi connectivity index (χ3n) is 19.9. The fourth-order valence-electron chi connectivity index (χ4n) is 13.8. The van der Waals surface area contributed by atoms with E-state index in [2.05, 4.69) is 23.3 Å². The van der Waals surface area contributed by atoms with Gasteiger partial charge in [-0.3, -0.25) is 9.35 Å². The number of aliphatic hydroxyl groups excluding tert-OH is 4. The summed E-state index contributed by atoms with van der Waals surface area (Å²) >= 11 is 0. The molecule has 7 atom stereocenters. The molecule has 6 N–H and O–H groups in total. The summed E-state index contributed by atoms with van der Waals surface area (Å²) in [5.41, 5.74) is 0. The molecule has 0 saturated carbocycles. The Morgan fingerprint density at radius 2 is 0.637 bits per heavy atom. The Morgan fingerprint density at radius 1 is 0.396 bits per heavy atom. The molecule has 0 aromatic carbocycles. The molecule has 12 nitrogen and oxygen atoms in total. The average molecular weight is 1320 g/mol. The summed E-state index contributed by atoms with van der Waals surface area (Å²) in [6.07, 6.45) is 77.6. The molecule has 1 fully saturated rings. The molecule has 0 radical (unpaired) electrons. The standard InChI is InChI=1S/C78H155NO11S/c1-3-5-7-9-11-13-15-17-19-21-23-25-27-29-30-31-32-33-34-35-36-37-38-39-40-41-42-44-46-48-50-52-54-56-58-60-62-64-66-68-74(82)79-71(70-88-78-76(84)77(90-91(85,86)87)75(83)73(69-80)89-78)72(81)67-65-63-61-59-57-55-53-51-49-47-45-43-28-26-24-22-20-18-16-14-12-10-8-6-4-2/h71-73,75-78,80-81,83-84H,3-70H2,1-2H3,(H,79,82)(H,85,86,87). The van der Waals surface area contributed by atoms with Crippen molar-refractivity contribution in [3.8, 4) is 0 Å². The summed E-state index contributed by atoms with van der Waals surface area (Å²) in [4.78, 5) is 13.3. The first-order chi connectivity index (χ1) is 44.5. The van der Waals surface area contributed by atoms with E-state index in [4.69, 9.17) is 9.47 Å². The maximum absolute atomic E-state index is 13.3. The number of carbonyl (C=O) groups is 1. The molecule has 1 aliphatic heterocycles. The molecule has 0 aromatic heterocycles. The number of hydrogen-bond acceptors (Lipinski definition) is 10. The highest BCUT2D eigenvalue weighted by molar-refractivity contribution is 7.80. The molecule has 1 aliphatic rings. The lowest BCUT2D eigenvalue weighted by Crippen LogP contribution is -2.61. The molecule has 1 saturated heterocycles. The van der Waals surface area contributed by atoms with Crippen molar-refractivity contribution in [3.63, 3.8) is 0 Å². The van der Waals surface area contributed by atoms with Crippen LogP contribution in [0.5, 0.6) is 0 Å². The van der Waals surface area contributed by atoms with Crippen molar-refractivity contribution >= 4 is 16.3 Å². The number of amides is 1. The van der Waals surface area contributed by atoms with Crippen LogP contribution in [0.4, 0.5) is 0 Å². The van der Waals surface area contributed by atoms with Crippen molar-refractivity contribution in [1.82, 2.24) is 5.32 Å². The molecule has 0 aromatic rings. The average Bonchev–Trinajstić information content (AvgIpc) is 1.72. The molecule has 1 rings (SSSR count). The fourth-order valence-corrected chi connectivity index (χ4v) is 14.3. The van der Waals surface area contributed by atoms with E-state index < -0.39 is 59.9 Å². The minimum atomic E-state index is -5.09. The van der Waals surface area contributed by atoms with Gasteiger partial charge in [-0.15, -0.1) is 0 Å². The zero-order chi connectivity index (χ0) is 66.0. The summed E-state index contributed by atoms with van der Waals surface area (Å²) in [6.45, 7) is 3.55. The topological polar surface area (TPSA) is 192 Å². The van der Waals surface area contributed by atoms with Crippen LogP contribution in [-0.4, -0.2) is 95.4 Å². The van der Waals surface area contributed by atoms with Gasteiger partial charge in [-0.2, -0.15) is 8.42 Å². The maximum atomic E-state index is 13.3. The van der Waals surface area contributed by atoms with Gasteiger partial charge in [0.15, 0.2) is 6.29 Å². The van der Waals surface area contributed by atoms with Crippen molar-refractivity contribution in [2.75, 3.05) is 13.2 Å². The molecule has 0 bridgehead atoms. The van der Waals surface area contributed by atoms with Gasteiger partial charge in [0.2, 0.25) is 5.91 Å². The first-order valence-corrected chi connectivity index (χ1v) is 41.8. The molecule has 0 spiro atoms. The van der Waals surface area contributed by atoms with Crippen molar-refractivity contribution in [1.29, 1.82) is 0 Å². The normalized spacial score (nSPS) is 17.7. The molecule has 13 heteroatoms. The third kappa shape index (κ3) is 58.9. The first-order valence-electron chi connectivity index (χ1n) is 40.4. The second kappa shape index (κ2) is 67.7. The molecule has 91 heavy (non-hydrogen) atoms. The van der Waals surface area contributed by atoms with E-state index in [1.165, 1.54) is 360 Å². The second-order valence-electron chi connectivity index (χ2n) is 28.7. The van der Waals surface area contributed by atoms with E-state index in [-0.39, 0.29) is 12.5 Å². The molecule has 544 valence electrons. The van der Waals surface area contributed by atoms with Crippen LogP contribution in [0.1, 0.15) is 438 Å². The largest absolute Gasteiger partial charge is 0.397 e. The predicted octanol–water partition coefficient (Wildman–Crippen LogP) is 22.3. The predicted molar refractivity (Wildman–Crippen MR) is 384 cm³/mol. The Hall–Kier alpha value is -0.900. The molecular formula is C78H155NO11S. The smallest absolute Gasteiger partial charge is 0.394 e. The van der Waals surface area contributed by atoms with E-state index in [1.54, 1.807) is 0 Å². The molecule has 1 amide bonds. The lowest BCUT2D eigenvalue weighted by Gasteiger charge is -2.41. The van der Waals surface area contributed by atoms with Crippen LogP contribution in [0.3, 0.4) is 0 Å². The van der Waals surface area contributed by atoms with Crippen LogP contribution >= 0.6 is 0 Å². The monoisotopic (exact) mass is 1310 g/mol. The van der Waals surface area contributed by atoms with E-state index in [1.807, 2.05) is 0 Å². The molecule has 1 heterocycles. The minimum Gasteiger partial charge on any atom is -0.394 e. The van der Waals surface area contributed by atoms with Crippen LogP contribution in [0.25, 0.3) is 0 Å². The zero-order valence-corrected chi connectivity index (χ0v) is 61.0. The van der Waals surface area contributed by atoms with Gasteiger partial charge in [-0.1, -0.05) is 418 Å². The van der Waals surface area contributed by atoms with Gasteiger partial charge in [0.25, 0.3) is 0 Å². The van der Waals surface area contributed by atoms with E-state index in [9.17, 15) is 38.2 Å². The first kappa shape index (κ1) is 88.1. The Bertz CT molecular complexity index is 1590. The van der Waals surface area contributed by atoms with E-state index in [0.29, 0.717) is 12.8 Å². The van der Waals surface area contributed by atoms with Crippen molar-refractivity contribution in [2.24, 2.45) is 0 Å². The summed E-state index contributed by atoms with van der Waals surface area (Å²) in [5.74, 6) is -0.217. The summed E-state index contributed by atoms with van der Waals surface area (Å²) in [6, 6.07) is -0.856. The number of ether oxygens (including phenoxy) is 2. The van der Waals surface area contributed by atoms with Crippen molar-refractivity contribution in [2.45, 2.75) is 480 Å². The van der Waals surface area contributed by atoms with Crippen LogP contribution in [0.15, 0.2) is 0 Å². The Labute approximate surface area is 564 Å². The Morgan fingerprint density at radius 3 is 0.879 bits per heavy atom. The Balaban J connectivity index is 2.12.